The fraction of sp³-hybridized carbons (Fsp3) is 0.412. The van der Waals surface area contributed by atoms with Crippen LogP contribution in [0.1, 0.15) is 46.4 Å². The maximum atomic E-state index is 12.4. The van der Waals surface area contributed by atoms with Crippen LogP contribution < -0.4 is 5.32 Å². The van der Waals surface area contributed by atoms with Gasteiger partial charge in [-0.05, 0) is 38.4 Å². The molecule has 7 nitrogen and oxygen atoms in total. The first-order valence-corrected chi connectivity index (χ1v) is 9.02. The van der Waals surface area contributed by atoms with Crippen LogP contribution in [-0.4, -0.2) is 44.9 Å². The van der Waals surface area contributed by atoms with Crippen LogP contribution in [-0.2, 0) is 4.79 Å². The number of amides is 1. The minimum atomic E-state index is -1.03. The number of hydrogen-bond donors (Lipinski definition) is 2. The normalized spacial score (nSPS) is 18.0. The van der Waals surface area contributed by atoms with Crippen molar-refractivity contribution in [3.05, 3.63) is 40.7 Å². The zero-order chi connectivity index (χ0) is 17.8. The van der Waals surface area contributed by atoms with Crippen molar-refractivity contribution >= 4 is 28.3 Å². The van der Waals surface area contributed by atoms with Gasteiger partial charge in [0, 0.05) is 6.20 Å². The van der Waals surface area contributed by atoms with Gasteiger partial charge in [0.25, 0.3) is 0 Å². The quantitative estimate of drug-likeness (QED) is 0.851. The van der Waals surface area contributed by atoms with Crippen molar-refractivity contribution in [3.8, 4) is 0 Å². The maximum absolute atomic E-state index is 12.4. The minimum Gasteiger partial charge on any atom is -0.477 e. The van der Waals surface area contributed by atoms with Crippen molar-refractivity contribution < 1.29 is 14.7 Å². The minimum absolute atomic E-state index is 0.133. The molecule has 1 saturated heterocycles. The van der Waals surface area contributed by atoms with Gasteiger partial charge in [0.2, 0.25) is 5.91 Å². The molecule has 132 valence electrons. The summed E-state index contributed by atoms with van der Waals surface area (Å²) in [5.41, 5.74) is 1.39. The van der Waals surface area contributed by atoms with Gasteiger partial charge in [-0.25, -0.2) is 9.78 Å². The molecule has 0 aliphatic carbocycles. The number of aromatic nitrogens is 2. The molecule has 1 aliphatic rings. The Balaban J connectivity index is 1.66. The monoisotopic (exact) mass is 360 g/mol. The Morgan fingerprint density at radius 2 is 2.24 bits per heavy atom. The van der Waals surface area contributed by atoms with E-state index in [4.69, 9.17) is 5.11 Å². The van der Waals surface area contributed by atoms with Gasteiger partial charge in [-0.2, -0.15) is 0 Å². The summed E-state index contributed by atoms with van der Waals surface area (Å²) >= 11 is 0.982. The second kappa shape index (κ2) is 7.71. The number of rotatable bonds is 5. The van der Waals surface area contributed by atoms with E-state index in [1.807, 2.05) is 18.2 Å². The first-order valence-electron chi connectivity index (χ1n) is 8.20. The lowest BCUT2D eigenvalue weighted by Gasteiger charge is -2.34. The average molecular weight is 360 g/mol. The van der Waals surface area contributed by atoms with Crippen LogP contribution in [0.5, 0.6) is 0 Å². The molecule has 2 aromatic rings. The van der Waals surface area contributed by atoms with E-state index in [0.717, 1.165) is 42.8 Å². The highest BCUT2D eigenvalue weighted by molar-refractivity contribution is 7.17. The summed E-state index contributed by atoms with van der Waals surface area (Å²) in [6, 6.07) is 5.97. The SMILES string of the molecule is Cc1nc(NC(=O)CN2CCCCC2c2ccccn2)sc1C(=O)O. The second-order valence-electron chi connectivity index (χ2n) is 6.02. The van der Waals surface area contributed by atoms with Crippen molar-refractivity contribution in [2.24, 2.45) is 0 Å². The smallest absolute Gasteiger partial charge is 0.347 e. The van der Waals surface area contributed by atoms with Crippen LogP contribution in [0, 0.1) is 6.92 Å². The molecule has 0 radical (unpaired) electrons. The zero-order valence-corrected chi connectivity index (χ0v) is 14.8. The lowest BCUT2D eigenvalue weighted by molar-refractivity contribution is -0.118. The van der Waals surface area contributed by atoms with E-state index in [0.29, 0.717) is 10.8 Å². The molecule has 1 fully saturated rings. The lowest BCUT2D eigenvalue weighted by Crippen LogP contribution is -2.39. The number of carbonyl (C=O) groups is 2. The van der Waals surface area contributed by atoms with Crippen LogP contribution in [0.15, 0.2) is 24.4 Å². The third kappa shape index (κ3) is 4.21. The van der Waals surface area contributed by atoms with E-state index in [1.165, 1.54) is 0 Å². The third-order valence-electron chi connectivity index (χ3n) is 4.23. The number of nitrogens with zero attached hydrogens (tertiary/aromatic N) is 3. The van der Waals surface area contributed by atoms with Crippen LogP contribution in [0.25, 0.3) is 0 Å². The molecule has 0 saturated carbocycles. The molecule has 0 spiro atoms. The van der Waals surface area contributed by atoms with Crippen molar-refractivity contribution in [1.82, 2.24) is 14.9 Å². The fourth-order valence-corrected chi connectivity index (χ4v) is 3.90. The highest BCUT2D eigenvalue weighted by atomic mass is 32.1. The zero-order valence-electron chi connectivity index (χ0n) is 13.9. The number of aromatic carboxylic acids is 1. The number of anilines is 1. The summed E-state index contributed by atoms with van der Waals surface area (Å²) in [6.45, 7) is 2.70. The Morgan fingerprint density at radius 1 is 1.40 bits per heavy atom. The predicted molar refractivity (Wildman–Crippen MR) is 94.8 cm³/mol. The number of carboxylic acid groups (broad SMARTS) is 1. The predicted octanol–water partition coefficient (Wildman–Crippen LogP) is 2.71. The van der Waals surface area contributed by atoms with Crippen molar-refractivity contribution in [2.75, 3.05) is 18.4 Å². The van der Waals surface area contributed by atoms with E-state index in [9.17, 15) is 9.59 Å². The summed E-state index contributed by atoms with van der Waals surface area (Å²) in [7, 11) is 0. The van der Waals surface area contributed by atoms with Gasteiger partial charge in [-0.3, -0.25) is 14.7 Å². The average Bonchev–Trinajstić information content (AvgIpc) is 2.96. The molecular formula is C17H20N4O3S. The van der Waals surface area contributed by atoms with E-state index in [1.54, 1.807) is 13.1 Å². The Kier molecular flexibility index (Phi) is 5.40. The molecule has 1 unspecified atom stereocenters. The molecule has 1 atom stereocenters. The Bertz CT molecular complexity index is 763. The number of carbonyl (C=O) groups excluding carboxylic acids is 1. The number of aryl methyl sites for hydroxylation is 1. The number of thiazole rings is 1. The number of piperidine rings is 1. The molecule has 3 rings (SSSR count). The van der Waals surface area contributed by atoms with Gasteiger partial charge in [0.15, 0.2) is 5.13 Å². The Morgan fingerprint density at radius 3 is 2.92 bits per heavy atom. The summed E-state index contributed by atoms with van der Waals surface area (Å²) in [6.07, 6.45) is 4.92. The van der Waals surface area contributed by atoms with E-state index >= 15 is 0 Å². The molecular weight excluding hydrogens is 340 g/mol. The molecule has 8 heteroatoms. The summed E-state index contributed by atoms with van der Waals surface area (Å²) in [5.74, 6) is -1.21. The number of carboxylic acids is 1. The maximum Gasteiger partial charge on any atom is 0.347 e. The second-order valence-corrected chi connectivity index (χ2v) is 7.02. The fourth-order valence-electron chi connectivity index (χ4n) is 3.08. The molecule has 2 N–H and O–H groups in total. The molecule has 2 aromatic heterocycles. The summed E-state index contributed by atoms with van der Waals surface area (Å²) in [4.78, 5) is 34.3. The molecule has 1 aliphatic heterocycles. The van der Waals surface area contributed by atoms with E-state index in [-0.39, 0.29) is 23.4 Å². The van der Waals surface area contributed by atoms with E-state index in [2.05, 4.69) is 20.2 Å². The molecule has 3 heterocycles. The van der Waals surface area contributed by atoms with Gasteiger partial charge >= 0.3 is 5.97 Å². The highest BCUT2D eigenvalue weighted by Crippen LogP contribution is 2.29. The number of nitrogens with one attached hydrogen (secondary N) is 1. The first-order chi connectivity index (χ1) is 12.0. The summed E-state index contributed by atoms with van der Waals surface area (Å²) in [5, 5.41) is 12.1. The Hall–Kier alpha value is -2.32. The molecule has 0 aromatic carbocycles. The van der Waals surface area contributed by atoms with Crippen molar-refractivity contribution in [1.29, 1.82) is 0 Å². The van der Waals surface area contributed by atoms with Crippen LogP contribution in [0.3, 0.4) is 0 Å². The highest BCUT2D eigenvalue weighted by Gasteiger charge is 2.27. The standard InChI is InChI=1S/C17H20N4O3S/c1-11-15(16(23)24)25-17(19-11)20-14(22)10-21-9-5-3-7-13(21)12-6-2-4-8-18-12/h2,4,6,8,13H,3,5,7,9-10H2,1H3,(H,23,24)(H,19,20,22). The topological polar surface area (TPSA) is 95.4 Å². The number of hydrogen-bond acceptors (Lipinski definition) is 6. The molecule has 1 amide bonds. The van der Waals surface area contributed by atoms with Gasteiger partial charge in [-0.15, -0.1) is 0 Å². The van der Waals surface area contributed by atoms with Gasteiger partial charge in [0.1, 0.15) is 4.88 Å². The van der Waals surface area contributed by atoms with Gasteiger partial charge < -0.3 is 10.4 Å². The van der Waals surface area contributed by atoms with Gasteiger partial charge in [0.05, 0.1) is 24.0 Å². The molecule has 0 bridgehead atoms. The first kappa shape index (κ1) is 17.5. The van der Waals surface area contributed by atoms with Crippen molar-refractivity contribution in [2.45, 2.75) is 32.2 Å². The van der Waals surface area contributed by atoms with Crippen LogP contribution in [0.2, 0.25) is 0 Å². The lowest BCUT2D eigenvalue weighted by atomic mass is 9.99. The van der Waals surface area contributed by atoms with Crippen LogP contribution in [0.4, 0.5) is 5.13 Å². The number of pyridine rings is 1. The third-order valence-corrected chi connectivity index (χ3v) is 5.29. The Labute approximate surface area is 149 Å². The largest absolute Gasteiger partial charge is 0.477 e. The van der Waals surface area contributed by atoms with Crippen LogP contribution >= 0.6 is 11.3 Å². The molecule has 25 heavy (non-hydrogen) atoms. The number of likely N-dealkylation sites (tertiary alicyclic amines) is 1. The van der Waals surface area contributed by atoms with Gasteiger partial charge in [-0.1, -0.05) is 23.8 Å². The van der Waals surface area contributed by atoms with E-state index < -0.39 is 5.97 Å². The van der Waals surface area contributed by atoms with Crippen molar-refractivity contribution in [3.63, 3.8) is 0 Å². The summed E-state index contributed by atoms with van der Waals surface area (Å²) < 4.78 is 0.